The lowest BCUT2D eigenvalue weighted by Crippen LogP contribution is -2.58. The Labute approximate surface area is 120 Å². The van der Waals surface area contributed by atoms with E-state index in [0.717, 1.165) is 4.96 Å². The van der Waals surface area contributed by atoms with Gasteiger partial charge in [-0.05, 0) is 42.3 Å². The number of hydrogen-bond acceptors (Lipinski definition) is 6. The van der Waals surface area contributed by atoms with Crippen molar-refractivity contribution >= 4 is 26.5 Å². The van der Waals surface area contributed by atoms with Gasteiger partial charge in [-0.15, -0.1) is 0 Å². The van der Waals surface area contributed by atoms with Gasteiger partial charge >= 0.3 is 4.96 Å². The van der Waals surface area contributed by atoms with Crippen LogP contribution in [0.4, 0.5) is 0 Å². The molecule has 0 amide bonds. The highest BCUT2D eigenvalue weighted by Gasteiger charge is 2.16. The standard InChI is InChI=1S/C12H11N2S.ClHO4/c1-8-7-13-12-14(9(8)2)10-5-3-4-6-11(10)15-12;2-1(3,4)5/h3-7H,1-2H3;(H,2,3,4,5)/q+1;. The van der Waals surface area contributed by atoms with E-state index in [1.54, 1.807) is 11.3 Å². The highest BCUT2D eigenvalue weighted by Crippen LogP contribution is 2.20. The Morgan fingerprint density at radius 2 is 1.80 bits per heavy atom. The molecule has 0 bridgehead atoms. The molecule has 1 aromatic carbocycles. The van der Waals surface area contributed by atoms with Crippen LogP contribution in [-0.4, -0.2) is 9.64 Å². The van der Waals surface area contributed by atoms with Crippen molar-refractivity contribution in [2.24, 2.45) is 0 Å². The number of hydrogen-bond donors (Lipinski definition) is 1. The fraction of sp³-hybridized carbons (Fsp3) is 0.167. The minimum atomic E-state index is -4.69. The molecule has 3 rings (SSSR count). The lowest BCUT2D eigenvalue weighted by molar-refractivity contribution is -1.92. The lowest BCUT2D eigenvalue weighted by atomic mass is 10.2. The van der Waals surface area contributed by atoms with Crippen molar-refractivity contribution in [3.63, 3.8) is 0 Å². The van der Waals surface area contributed by atoms with Crippen LogP contribution >= 0.6 is 11.3 Å². The first-order chi connectivity index (χ1) is 9.27. The Hall–Kier alpha value is -1.35. The summed E-state index contributed by atoms with van der Waals surface area (Å²) in [6, 6.07) is 8.43. The van der Waals surface area contributed by atoms with Gasteiger partial charge in [0.2, 0.25) is 0 Å². The molecule has 0 saturated heterocycles. The van der Waals surface area contributed by atoms with Crippen LogP contribution in [0.2, 0.25) is 0 Å². The molecule has 0 unspecified atom stereocenters. The molecule has 1 N–H and O–H groups in total. The topological polar surface area (TPSA) is 106 Å². The maximum Gasteiger partial charge on any atom is 0.388 e. The molecule has 0 atom stereocenters. The Morgan fingerprint density at radius 3 is 2.45 bits per heavy atom. The molecule has 3 aromatic rings. The summed E-state index contributed by atoms with van der Waals surface area (Å²) >= 11 is 1.74. The lowest BCUT2D eigenvalue weighted by Gasteiger charge is -2.03. The van der Waals surface area contributed by atoms with Gasteiger partial charge in [0.15, 0.2) is 5.52 Å². The predicted molar refractivity (Wildman–Crippen MR) is 64.5 cm³/mol. The van der Waals surface area contributed by atoms with Gasteiger partial charge in [0, 0.05) is 5.56 Å². The molecule has 0 spiro atoms. The Morgan fingerprint density at radius 1 is 1.20 bits per heavy atom. The molecule has 0 radical (unpaired) electrons. The molecular formula is C12H12ClN2O4S+. The van der Waals surface area contributed by atoms with Crippen LogP contribution in [0.3, 0.4) is 0 Å². The number of halogens is 1. The first kappa shape index (κ1) is 15.0. The molecule has 6 nitrogen and oxygen atoms in total. The minimum absolute atomic E-state index is 1.07. The summed E-state index contributed by atoms with van der Waals surface area (Å²) in [5.41, 5.74) is 3.76. The molecular weight excluding hydrogens is 304 g/mol. The summed E-state index contributed by atoms with van der Waals surface area (Å²) in [6.07, 6.45) is 1.94. The highest BCUT2D eigenvalue weighted by atomic mass is 35.7. The van der Waals surface area contributed by atoms with Crippen molar-refractivity contribution in [1.82, 2.24) is 4.98 Å². The van der Waals surface area contributed by atoms with Crippen molar-refractivity contribution in [2.75, 3.05) is 0 Å². The van der Waals surface area contributed by atoms with E-state index >= 15 is 0 Å². The Kier molecular flexibility index (Phi) is 4.19. The number of aryl methyl sites for hydroxylation is 2. The number of nitrogens with zero attached hydrogens (tertiary/aromatic N) is 2. The molecule has 8 heteroatoms. The number of aromatic nitrogens is 2. The van der Waals surface area contributed by atoms with Gasteiger partial charge < -0.3 is 0 Å². The maximum atomic E-state index is 8.60. The summed E-state index contributed by atoms with van der Waals surface area (Å²) in [5.74, 6) is 0. The fourth-order valence-corrected chi connectivity index (χ4v) is 2.84. The predicted octanol–water partition coefficient (Wildman–Crippen LogP) is -1.47. The third-order valence-corrected chi connectivity index (χ3v) is 3.81. The van der Waals surface area contributed by atoms with E-state index in [1.165, 1.54) is 21.5 Å². The van der Waals surface area contributed by atoms with Crippen LogP contribution in [0.25, 0.3) is 15.2 Å². The molecule has 106 valence electrons. The highest BCUT2D eigenvalue weighted by molar-refractivity contribution is 7.22. The van der Waals surface area contributed by atoms with E-state index in [0.29, 0.717) is 0 Å². The van der Waals surface area contributed by atoms with Crippen LogP contribution in [-0.2, 0) is 0 Å². The van der Waals surface area contributed by atoms with Crippen molar-refractivity contribution in [3.8, 4) is 0 Å². The van der Waals surface area contributed by atoms with Gasteiger partial charge in [-0.2, -0.15) is 18.4 Å². The zero-order valence-electron chi connectivity index (χ0n) is 10.7. The Bertz CT molecular complexity index is 748. The summed E-state index contributed by atoms with van der Waals surface area (Å²) < 4.78 is 36.2. The van der Waals surface area contributed by atoms with E-state index in [4.69, 9.17) is 18.6 Å². The van der Waals surface area contributed by atoms with Crippen molar-refractivity contribution in [3.05, 3.63) is 41.7 Å². The molecule has 0 fully saturated rings. The zero-order chi connectivity index (χ0) is 14.9. The van der Waals surface area contributed by atoms with E-state index in [9.17, 15) is 0 Å². The third kappa shape index (κ3) is 3.40. The molecule has 2 aromatic heterocycles. The summed E-state index contributed by atoms with van der Waals surface area (Å²) in [7, 11) is -4.69. The van der Waals surface area contributed by atoms with E-state index in [2.05, 4.69) is 47.5 Å². The third-order valence-electron chi connectivity index (χ3n) is 2.77. The second-order valence-electron chi connectivity index (χ2n) is 4.11. The number of benzene rings is 1. The molecule has 0 aliphatic rings. The van der Waals surface area contributed by atoms with Gasteiger partial charge in [0.05, 0.1) is 19.6 Å². The zero-order valence-corrected chi connectivity index (χ0v) is 12.3. The smallest absolute Gasteiger partial charge is 0.183 e. The monoisotopic (exact) mass is 315 g/mol. The summed E-state index contributed by atoms with van der Waals surface area (Å²) in [4.78, 5) is 5.53. The van der Waals surface area contributed by atoms with Crippen LogP contribution in [0, 0.1) is 24.1 Å². The van der Waals surface area contributed by atoms with Crippen LogP contribution in [0.5, 0.6) is 0 Å². The second-order valence-corrected chi connectivity index (χ2v) is 5.91. The normalized spacial score (nSPS) is 11.5. The van der Waals surface area contributed by atoms with E-state index < -0.39 is 10.2 Å². The quantitative estimate of drug-likeness (QED) is 0.510. The summed E-state index contributed by atoms with van der Waals surface area (Å²) in [5, 5.41) is 0. The van der Waals surface area contributed by atoms with Gasteiger partial charge in [-0.25, -0.2) is 0 Å². The molecule has 0 saturated carbocycles. The fourth-order valence-electron chi connectivity index (χ4n) is 1.81. The van der Waals surface area contributed by atoms with Crippen molar-refractivity contribution in [1.29, 1.82) is 0 Å². The minimum Gasteiger partial charge on any atom is -0.183 e. The average molecular weight is 316 g/mol. The maximum absolute atomic E-state index is 8.60. The SMILES string of the molecule is Cc1cnc2sc3ccccc3[n+]2c1C.[O-][Cl+3]([O-])([O-])O. The number of para-hydroxylation sites is 1. The van der Waals surface area contributed by atoms with Crippen molar-refractivity contribution in [2.45, 2.75) is 13.8 Å². The van der Waals surface area contributed by atoms with Crippen LogP contribution < -0.4 is 18.4 Å². The number of thiazole rings is 1. The first-order valence-electron chi connectivity index (χ1n) is 5.56. The first-order valence-corrected chi connectivity index (χ1v) is 7.64. The molecule has 20 heavy (non-hydrogen) atoms. The van der Waals surface area contributed by atoms with Gasteiger partial charge in [-0.1, -0.05) is 12.1 Å². The largest absolute Gasteiger partial charge is 0.388 e. The molecule has 0 aliphatic heterocycles. The van der Waals surface area contributed by atoms with Gasteiger partial charge in [-0.3, -0.25) is 0 Å². The van der Waals surface area contributed by atoms with Gasteiger partial charge in [0.1, 0.15) is 11.9 Å². The van der Waals surface area contributed by atoms with Gasteiger partial charge in [0.25, 0.3) is 0 Å². The Balaban J connectivity index is 0.000000257. The van der Waals surface area contributed by atoms with Crippen molar-refractivity contribution < 1.29 is 33.3 Å². The van der Waals surface area contributed by atoms with Crippen LogP contribution in [0.1, 0.15) is 11.3 Å². The number of fused-ring (bicyclic) bond motifs is 3. The number of rotatable bonds is 0. The molecule has 0 aliphatic carbocycles. The van der Waals surface area contributed by atoms with E-state index in [1.807, 2.05) is 6.20 Å². The second kappa shape index (κ2) is 5.57. The average Bonchev–Trinajstić information content (AvgIpc) is 2.71. The van der Waals surface area contributed by atoms with Crippen LogP contribution in [0.15, 0.2) is 30.5 Å². The molecule has 2 heterocycles. The summed E-state index contributed by atoms with van der Waals surface area (Å²) in [6.45, 7) is 4.24. The van der Waals surface area contributed by atoms with E-state index in [-0.39, 0.29) is 0 Å².